The minimum absolute atomic E-state index is 0.00816. The number of hydrogen-bond donors (Lipinski definition) is 1. The van der Waals surface area contributed by atoms with Crippen molar-refractivity contribution < 1.29 is 26.4 Å². The van der Waals surface area contributed by atoms with Gasteiger partial charge < -0.3 is 5.32 Å². The number of nitrogens with zero attached hydrogens (tertiary/aromatic N) is 1. The number of carbonyl (C=O) groups excluding carboxylic acids is 1. The molecule has 0 saturated carbocycles. The smallest absolute Gasteiger partial charge is 0.326 e. The topological polar surface area (TPSA) is 66.5 Å². The standard InChI is InChI=1S/C22H19F3N2O3S/c1-27(19-7-3-2-4-8-19)31(29,30)20-9-5-6-18(15-20)26-21(28)14-16-10-12-17(13-11-16)22(23,24)25/h2-13,15H,14H2,1H3,(H,26,28). The van der Waals surface area contributed by atoms with Crippen LogP contribution in [-0.2, 0) is 27.4 Å². The molecule has 1 amide bonds. The van der Waals surface area contributed by atoms with Crippen molar-refractivity contribution in [2.24, 2.45) is 0 Å². The van der Waals surface area contributed by atoms with Crippen LogP contribution in [0, 0.1) is 0 Å². The van der Waals surface area contributed by atoms with E-state index in [1.54, 1.807) is 30.3 Å². The van der Waals surface area contributed by atoms with Crippen LogP contribution in [0.25, 0.3) is 0 Å². The molecule has 0 aliphatic carbocycles. The lowest BCUT2D eigenvalue weighted by Gasteiger charge is -2.20. The molecule has 0 aromatic heterocycles. The Kier molecular flexibility index (Phi) is 6.35. The molecule has 3 rings (SSSR count). The van der Waals surface area contributed by atoms with Gasteiger partial charge in [-0.1, -0.05) is 36.4 Å². The molecule has 0 bridgehead atoms. The van der Waals surface area contributed by atoms with Crippen LogP contribution in [0.1, 0.15) is 11.1 Å². The van der Waals surface area contributed by atoms with Crippen LogP contribution in [0.5, 0.6) is 0 Å². The van der Waals surface area contributed by atoms with Crippen LogP contribution < -0.4 is 9.62 Å². The first-order valence-corrected chi connectivity index (χ1v) is 10.6. The lowest BCUT2D eigenvalue weighted by molar-refractivity contribution is -0.137. The summed E-state index contributed by atoms with van der Waals surface area (Å²) in [5, 5.41) is 2.58. The molecule has 0 saturated heterocycles. The molecule has 0 unspecified atom stereocenters. The highest BCUT2D eigenvalue weighted by molar-refractivity contribution is 7.92. The zero-order valence-electron chi connectivity index (χ0n) is 16.4. The van der Waals surface area contributed by atoms with Crippen molar-refractivity contribution in [1.82, 2.24) is 0 Å². The second-order valence-corrected chi connectivity index (χ2v) is 8.72. The summed E-state index contributed by atoms with van der Waals surface area (Å²) in [5.41, 5.74) is 0.355. The van der Waals surface area contributed by atoms with Crippen molar-refractivity contribution in [3.63, 3.8) is 0 Å². The fourth-order valence-corrected chi connectivity index (χ4v) is 4.11. The maximum atomic E-state index is 12.9. The largest absolute Gasteiger partial charge is 0.416 e. The Morgan fingerprint density at radius 3 is 2.19 bits per heavy atom. The maximum absolute atomic E-state index is 12.9. The summed E-state index contributed by atoms with van der Waals surface area (Å²) in [6.07, 6.45) is -4.60. The van der Waals surface area contributed by atoms with E-state index >= 15 is 0 Å². The summed E-state index contributed by atoms with van der Waals surface area (Å²) in [7, 11) is -2.42. The maximum Gasteiger partial charge on any atom is 0.416 e. The van der Waals surface area contributed by atoms with Gasteiger partial charge in [0.2, 0.25) is 5.91 Å². The Labute approximate surface area is 178 Å². The summed E-state index contributed by atoms with van der Waals surface area (Å²) in [5.74, 6) is -0.481. The van der Waals surface area contributed by atoms with Crippen LogP contribution in [-0.4, -0.2) is 21.4 Å². The number of anilines is 2. The third kappa shape index (κ3) is 5.43. The van der Waals surface area contributed by atoms with Gasteiger partial charge in [0.15, 0.2) is 0 Å². The predicted molar refractivity (Wildman–Crippen MR) is 112 cm³/mol. The van der Waals surface area contributed by atoms with E-state index in [4.69, 9.17) is 0 Å². The van der Waals surface area contributed by atoms with Gasteiger partial charge in [0.1, 0.15) is 0 Å². The summed E-state index contributed by atoms with van der Waals surface area (Å²) >= 11 is 0. The van der Waals surface area contributed by atoms with Crippen LogP contribution in [0.15, 0.2) is 83.8 Å². The van der Waals surface area contributed by atoms with Crippen molar-refractivity contribution in [3.8, 4) is 0 Å². The van der Waals surface area contributed by atoms with Gasteiger partial charge in [0.25, 0.3) is 10.0 Å². The van der Waals surface area contributed by atoms with E-state index in [0.29, 0.717) is 11.3 Å². The number of halogens is 3. The van der Waals surface area contributed by atoms with E-state index < -0.39 is 27.7 Å². The fourth-order valence-electron chi connectivity index (χ4n) is 2.87. The molecule has 0 aliphatic heterocycles. The van der Waals surface area contributed by atoms with Gasteiger partial charge in [-0.2, -0.15) is 13.2 Å². The third-order valence-corrected chi connectivity index (χ3v) is 6.32. The number of sulfonamides is 1. The van der Waals surface area contributed by atoms with Crippen molar-refractivity contribution in [1.29, 1.82) is 0 Å². The number of para-hydroxylation sites is 1. The van der Waals surface area contributed by atoms with Crippen molar-refractivity contribution >= 4 is 27.3 Å². The van der Waals surface area contributed by atoms with Crippen molar-refractivity contribution in [3.05, 3.63) is 90.0 Å². The van der Waals surface area contributed by atoms with E-state index in [1.165, 1.54) is 43.4 Å². The van der Waals surface area contributed by atoms with Crippen LogP contribution in [0.3, 0.4) is 0 Å². The zero-order valence-corrected chi connectivity index (χ0v) is 17.2. The Morgan fingerprint density at radius 1 is 0.935 bits per heavy atom. The highest BCUT2D eigenvalue weighted by atomic mass is 32.2. The summed E-state index contributed by atoms with van der Waals surface area (Å²) < 4.78 is 64.8. The average Bonchev–Trinajstić information content (AvgIpc) is 2.73. The normalized spacial score (nSPS) is 11.7. The number of amides is 1. The quantitative estimate of drug-likeness (QED) is 0.594. The second-order valence-electron chi connectivity index (χ2n) is 6.76. The van der Waals surface area contributed by atoms with E-state index in [-0.39, 0.29) is 17.0 Å². The lowest BCUT2D eigenvalue weighted by Crippen LogP contribution is -2.26. The molecule has 0 spiro atoms. The molecule has 0 aliphatic rings. The van der Waals surface area contributed by atoms with Gasteiger partial charge in [-0.25, -0.2) is 8.42 Å². The van der Waals surface area contributed by atoms with Crippen LogP contribution in [0.4, 0.5) is 24.5 Å². The molecule has 5 nitrogen and oxygen atoms in total. The SMILES string of the molecule is CN(c1ccccc1)S(=O)(=O)c1cccc(NC(=O)Cc2ccc(C(F)(F)F)cc2)c1. The molecule has 0 heterocycles. The molecular weight excluding hydrogens is 429 g/mol. The number of hydrogen-bond acceptors (Lipinski definition) is 3. The highest BCUT2D eigenvalue weighted by Gasteiger charge is 2.30. The highest BCUT2D eigenvalue weighted by Crippen LogP contribution is 2.29. The number of rotatable bonds is 6. The van der Waals surface area contributed by atoms with Gasteiger partial charge in [-0.15, -0.1) is 0 Å². The van der Waals surface area contributed by atoms with E-state index in [2.05, 4.69) is 5.32 Å². The van der Waals surface area contributed by atoms with Crippen molar-refractivity contribution in [2.45, 2.75) is 17.5 Å². The number of nitrogens with one attached hydrogen (secondary N) is 1. The molecule has 1 N–H and O–H groups in total. The minimum Gasteiger partial charge on any atom is -0.326 e. The molecule has 3 aromatic rings. The Balaban J connectivity index is 1.72. The lowest BCUT2D eigenvalue weighted by atomic mass is 10.1. The van der Waals surface area contributed by atoms with Gasteiger partial charge in [0, 0.05) is 12.7 Å². The zero-order chi connectivity index (χ0) is 22.6. The summed E-state index contributed by atoms with van der Waals surface area (Å²) in [4.78, 5) is 12.3. The van der Waals surface area contributed by atoms with E-state index in [9.17, 15) is 26.4 Å². The van der Waals surface area contributed by atoms with Gasteiger partial charge in [-0.05, 0) is 48.0 Å². The Hall–Kier alpha value is -3.33. The molecule has 9 heteroatoms. The average molecular weight is 448 g/mol. The van der Waals surface area contributed by atoms with Crippen molar-refractivity contribution in [2.75, 3.05) is 16.7 Å². The van der Waals surface area contributed by atoms with E-state index in [1.807, 2.05) is 0 Å². The molecule has 162 valence electrons. The van der Waals surface area contributed by atoms with E-state index in [0.717, 1.165) is 16.4 Å². The predicted octanol–water partition coefficient (Wildman–Crippen LogP) is 4.71. The van der Waals surface area contributed by atoms with Gasteiger partial charge >= 0.3 is 6.18 Å². The Bertz CT molecular complexity index is 1160. The first kappa shape index (κ1) is 22.4. The third-order valence-electron chi connectivity index (χ3n) is 4.54. The first-order valence-electron chi connectivity index (χ1n) is 9.17. The minimum atomic E-state index is -4.44. The van der Waals surface area contributed by atoms with Crippen LogP contribution in [0.2, 0.25) is 0 Å². The van der Waals surface area contributed by atoms with Crippen LogP contribution >= 0.6 is 0 Å². The van der Waals surface area contributed by atoms with Gasteiger partial charge in [-0.3, -0.25) is 9.10 Å². The fraction of sp³-hybridized carbons (Fsp3) is 0.136. The van der Waals surface area contributed by atoms with Gasteiger partial charge in [0.05, 0.1) is 22.6 Å². The summed E-state index contributed by atoms with van der Waals surface area (Å²) in [6.45, 7) is 0. The molecule has 31 heavy (non-hydrogen) atoms. The Morgan fingerprint density at radius 2 is 1.58 bits per heavy atom. The molecule has 0 radical (unpaired) electrons. The monoisotopic (exact) mass is 448 g/mol. The molecular formula is C22H19F3N2O3S. The molecule has 0 fully saturated rings. The molecule has 0 atom stereocenters. The number of alkyl halides is 3. The second kappa shape index (κ2) is 8.81. The summed E-state index contributed by atoms with van der Waals surface area (Å²) in [6, 6.07) is 18.6. The number of benzene rings is 3. The first-order chi connectivity index (χ1) is 14.6. The molecule has 3 aromatic carbocycles. The number of carbonyl (C=O) groups is 1.